The van der Waals surface area contributed by atoms with Gasteiger partial charge in [-0.25, -0.2) is 4.79 Å². The first-order valence-electron chi connectivity index (χ1n) is 8.46. The second-order valence-electron chi connectivity index (χ2n) is 6.12. The van der Waals surface area contributed by atoms with E-state index < -0.39 is 5.97 Å². The molecule has 1 amide bonds. The van der Waals surface area contributed by atoms with E-state index in [-0.39, 0.29) is 23.9 Å². The van der Waals surface area contributed by atoms with Gasteiger partial charge in [-0.1, -0.05) is 0 Å². The molecule has 1 aliphatic heterocycles. The number of hydrogen-bond donors (Lipinski definition) is 2. The van der Waals surface area contributed by atoms with Crippen molar-refractivity contribution in [2.45, 2.75) is 26.8 Å². The Bertz CT molecular complexity index is 825. The Morgan fingerprint density at radius 2 is 2.15 bits per heavy atom. The van der Waals surface area contributed by atoms with Crippen molar-refractivity contribution < 1.29 is 28.6 Å². The molecule has 1 aromatic carbocycles. The number of hydrogen-bond acceptors (Lipinski definition) is 5. The quantitative estimate of drug-likeness (QED) is 0.822. The molecule has 7 nitrogen and oxygen atoms in total. The van der Waals surface area contributed by atoms with Crippen molar-refractivity contribution in [3.63, 3.8) is 0 Å². The maximum Gasteiger partial charge on any atom is 0.339 e. The molecule has 2 aromatic rings. The zero-order valence-electron chi connectivity index (χ0n) is 14.7. The molecule has 2 heterocycles. The summed E-state index contributed by atoms with van der Waals surface area (Å²) in [5.74, 6) is 0.710. The molecule has 0 bridgehead atoms. The minimum Gasteiger partial charge on any atom is -0.494 e. The van der Waals surface area contributed by atoms with Gasteiger partial charge in [0.05, 0.1) is 19.1 Å². The van der Waals surface area contributed by atoms with Gasteiger partial charge >= 0.3 is 5.97 Å². The van der Waals surface area contributed by atoms with E-state index in [0.29, 0.717) is 31.2 Å². The molecule has 26 heavy (non-hydrogen) atoms. The fraction of sp³-hybridized carbons (Fsp3) is 0.368. The number of benzene rings is 1. The lowest BCUT2D eigenvalue weighted by molar-refractivity contribution is -0.126. The standard InChI is InChI=1S/C19H21NO6/c1-3-24-14-4-5-17-12(7-14)6-13(10-25-17)18(21)20-9-15-8-16(19(22)23)11(2)26-15/h4-5,7-8,13H,3,6,9-10H2,1-2H3,(H,20,21)(H,22,23)/t13-/m1/s1. The zero-order chi connectivity index (χ0) is 18.7. The number of furan rings is 1. The van der Waals surface area contributed by atoms with Gasteiger partial charge in [-0.2, -0.15) is 0 Å². The minimum atomic E-state index is -1.05. The average Bonchev–Trinajstić information content (AvgIpc) is 3.00. The molecule has 3 rings (SSSR count). The van der Waals surface area contributed by atoms with Gasteiger partial charge in [-0.3, -0.25) is 4.79 Å². The van der Waals surface area contributed by atoms with Gasteiger partial charge in [0.1, 0.15) is 35.2 Å². The average molecular weight is 359 g/mol. The largest absolute Gasteiger partial charge is 0.494 e. The van der Waals surface area contributed by atoms with Crippen LogP contribution in [0.5, 0.6) is 11.5 Å². The number of ether oxygens (including phenoxy) is 2. The van der Waals surface area contributed by atoms with Crippen molar-refractivity contribution in [2.24, 2.45) is 5.92 Å². The van der Waals surface area contributed by atoms with Gasteiger partial charge in [0.15, 0.2) is 0 Å². The molecule has 7 heteroatoms. The molecule has 1 atom stereocenters. The molecule has 1 aliphatic rings. The Kier molecular flexibility index (Phi) is 5.16. The number of carbonyl (C=O) groups is 2. The molecule has 0 aliphatic carbocycles. The van der Waals surface area contributed by atoms with Gasteiger partial charge in [0, 0.05) is 0 Å². The number of fused-ring (bicyclic) bond motifs is 1. The van der Waals surface area contributed by atoms with Crippen LogP contribution in [0.2, 0.25) is 0 Å². The molecule has 0 fully saturated rings. The van der Waals surface area contributed by atoms with Gasteiger partial charge < -0.3 is 24.3 Å². The molecule has 138 valence electrons. The highest BCUT2D eigenvalue weighted by molar-refractivity contribution is 5.88. The van der Waals surface area contributed by atoms with Crippen LogP contribution >= 0.6 is 0 Å². The van der Waals surface area contributed by atoms with E-state index in [9.17, 15) is 9.59 Å². The van der Waals surface area contributed by atoms with Crippen molar-refractivity contribution in [2.75, 3.05) is 13.2 Å². The van der Waals surface area contributed by atoms with E-state index in [0.717, 1.165) is 17.1 Å². The Morgan fingerprint density at radius 1 is 1.35 bits per heavy atom. The van der Waals surface area contributed by atoms with Gasteiger partial charge in [-0.05, 0) is 50.1 Å². The summed E-state index contributed by atoms with van der Waals surface area (Å²) in [5, 5.41) is 11.8. The fourth-order valence-corrected chi connectivity index (χ4v) is 2.96. The lowest BCUT2D eigenvalue weighted by Gasteiger charge is -2.25. The predicted octanol–water partition coefficient (Wildman–Crippen LogP) is 2.55. The highest BCUT2D eigenvalue weighted by Crippen LogP contribution is 2.31. The number of aryl methyl sites for hydroxylation is 1. The van der Waals surface area contributed by atoms with Crippen molar-refractivity contribution in [1.82, 2.24) is 5.32 Å². The number of nitrogens with one attached hydrogen (secondary N) is 1. The first-order valence-corrected chi connectivity index (χ1v) is 8.46. The van der Waals surface area contributed by atoms with E-state index in [1.807, 2.05) is 25.1 Å². The normalized spacial score (nSPS) is 15.7. The number of carbonyl (C=O) groups excluding carboxylic acids is 1. The molecule has 1 aromatic heterocycles. The number of rotatable bonds is 6. The zero-order valence-corrected chi connectivity index (χ0v) is 14.7. The number of amides is 1. The van der Waals surface area contributed by atoms with Gasteiger partial charge in [-0.15, -0.1) is 0 Å². The van der Waals surface area contributed by atoms with E-state index >= 15 is 0 Å². The Morgan fingerprint density at radius 3 is 2.85 bits per heavy atom. The van der Waals surface area contributed by atoms with Crippen LogP contribution in [0.25, 0.3) is 0 Å². The monoisotopic (exact) mass is 359 g/mol. The third-order valence-corrected chi connectivity index (χ3v) is 4.26. The van der Waals surface area contributed by atoms with E-state index in [1.54, 1.807) is 6.92 Å². The molecule has 0 saturated heterocycles. The highest BCUT2D eigenvalue weighted by Gasteiger charge is 2.26. The van der Waals surface area contributed by atoms with Gasteiger partial charge in [0.2, 0.25) is 5.91 Å². The number of carboxylic acids is 1. The summed E-state index contributed by atoms with van der Waals surface area (Å²) >= 11 is 0. The first-order chi connectivity index (χ1) is 12.5. The molecule has 0 radical (unpaired) electrons. The van der Waals surface area contributed by atoms with Crippen molar-refractivity contribution in [3.8, 4) is 11.5 Å². The van der Waals surface area contributed by atoms with Crippen molar-refractivity contribution >= 4 is 11.9 Å². The molecule has 2 N–H and O–H groups in total. The SMILES string of the molecule is CCOc1ccc2c(c1)C[C@@H](C(=O)NCc1cc(C(=O)O)c(C)o1)CO2. The van der Waals surface area contributed by atoms with Crippen LogP contribution in [-0.2, 0) is 17.8 Å². The Hall–Kier alpha value is -2.96. The van der Waals surface area contributed by atoms with Crippen LogP contribution in [0.4, 0.5) is 0 Å². The van der Waals surface area contributed by atoms with Crippen molar-refractivity contribution in [1.29, 1.82) is 0 Å². The summed E-state index contributed by atoms with van der Waals surface area (Å²) in [6, 6.07) is 7.03. The summed E-state index contributed by atoms with van der Waals surface area (Å²) in [4.78, 5) is 23.5. The predicted molar refractivity (Wildman–Crippen MR) is 92.6 cm³/mol. The summed E-state index contributed by atoms with van der Waals surface area (Å²) in [6.45, 7) is 4.50. The second kappa shape index (κ2) is 7.51. The number of aromatic carboxylic acids is 1. The molecule has 0 spiro atoms. The second-order valence-corrected chi connectivity index (χ2v) is 6.12. The van der Waals surface area contributed by atoms with Crippen LogP contribution in [0.3, 0.4) is 0 Å². The van der Waals surface area contributed by atoms with E-state index in [1.165, 1.54) is 6.07 Å². The Labute approximate surface area is 150 Å². The van der Waals surface area contributed by atoms with Crippen molar-refractivity contribution in [3.05, 3.63) is 46.9 Å². The lowest BCUT2D eigenvalue weighted by Crippen LogP contribution is -2.37. The summed E-state index contributed by atoms with van der Waals surface area (Å²) < 4.78 is 16.5. The fourth-order valence-electron chi connectivity index (χ4n) is 2.96. The van der Waals surface area contributed by atoms with Crippen LogP contribution in [0.15, 0.2) is 28.7 Å². The van der Waals surface area contributed by atoms with E-state index in [4.69, 9.17) is 19.0 Å². The minimum absolute atomic E-state index is 0.104. The van der Waals surface area contributed by atoms with E-state index in [2.05, 4.69) is 5.32 Å². The van der Waals surface area contributed by atoms with Gasteiger partial charge in [0.25, 0.3) is 0 Å². The molecular formula is C19H21NO6. The summed E-state index contributed by atoms with van der Waals surface area (Å²) in [5.41, 5.74) is 1.04. The maximum atomic E-state index is 12.4. The van der Waals surface area contributed by atoms with Crippen LogP contribution in [0, 0.1) is 12.8 Å². The molecule has 0 unspecified atom stereocenters. The first kappa shape index (κ1) is 17.8. The number of carboxylic acid groups (broad SMARTS) is 1. The Balaban J connectivity index is 1.61. The summed E-state index contributed by atoms with van der Waals surface area (Å²) in [7, 11) is 0. The smallest absolute Gasteiger partial charge is 0.339 e. The third-order valence-electron chi connectivity index (χ3n) is 4.26. The van der Waals surface area contributed by atoms with Crippen LogP contribution < -0.4 is 14.8 Å². The van der Waals surface area contributed by atoms with Crippen LogP contribution in [0.1, 0.15) is 34.4 Å². The molecule has 0 saturated carbocycles. The van der Waals surface area contributed by atoms with Crippen LogP contribution in [-0.4, -0.2) is 30.2 Å². The topological polar surface area (TPSA) is 98.0 Å². The lowest BCUT2D eigenvalue weighted by atomic mass is 9.96. The highest BCUT2D eigenvalue weighted by atomic mass is 16.5. The molecular weight excluding hydrogens is 338 g/mol. The summed E-state index contributed by atoms with van der Waals surface area (Å²) in [6.07, 6.45) is 0.555. The third kappa shape index (κ3) is 3.82. The maximum absolute atomic E-state index is 12.4.